The first-order valence-corrected chi connectivity index (χ1v) is 9.55. The Morgan fingerprint density at radius 2 is 1.79 bits per heavy atom. The lowest BCUT2D eigenvalue weighted by atomic mass is 10.0. The molecule has 0 fully saturated rings. The maximum atomic E-state index is 12.6. The van der Waals surface area contributed by atoms with Crippen LogP contribution in [-0.4, -0.2) is 18.4 Å². The first kappa shape index (κ1) is 19.1. The molecule has 148 valence electrons. The van der Waals surface area contributed by atoms with Gasteiger partial charge in [-0.1, -0.05) is 30.3 Å². The molecule has 0 aliphatic carbocycles. The lowest BCUT2D eigenvalue weighted by molar-refractivity contribution is -0.274. The van der Waals surface area contributed by atoms with Gasteiger partial charge in [0.05, 0.1) is 10.6 Å². The van der Waals surface area contributed by atoms with Crippen LogP contribution in [0.4, 0.5) is 24.5 Å². The maximum absolute atomic E-state index is 12.6. The van der Waals surface area contributed by atoms with E-state index in [-0.39, 0.29) is 11.7 Å². The van der Waals surface area contributed by atoms with Crippen LogP contribution in [-0.2, 0) is 0 Å². The van der Waals surface area contributed by atoms with E-state index in [0.29, 0.717) is 10.6 Å². The largest absolute Gasteiger partial charge is 0.573 e. The van der Waals surface area contributed by atoms with E-state index in [1.54, 1.807) is 12.1 Å². The first-order valence-electron chi connectivity index (χ1n) is 8.67. The van der Waals surface area contributed by atoms with Crippen LogP contribution in [0.15, 0.2) is 72.1 Å². The van der Waals surface area contributed by atoms with Crippen molar-refractivity contribution in [1.29, 1.82) is 0 Å². The van der Waals surface area contributed by atoms with Gasteiger partial charge in [0.15, 0.2) is 0 Å². The number of hydrogen-bond donors (Lipinski definition) is 1. The second kappa shape index (κ2) is 7.63. The van der Waals surface area contributed by atoms with Gasteiger partial charge in [0.25, 0.3) is 5.91 Å². The summed E-state index contributed by atoms with van der Waals surface area (Å²) in [4.78, 5) is 15.0. The number of halogens is 3. The Morgan fingerprint density at radius 3 is 2.48 bits per heavy atom. The van der Waals surface area contributed by atoms with Crippen LogP contribution >= 0.6 is 11.3 Å². The Balaban J connectivity index is 1.66. The van der Waals surface area contributed by atoms with Crippen LogP contribution < -0.4 is 15.0 Å². The summed E-state index contributed by atoms with van der Waals surface area (Å²) in [7, 11) is 0. The number of alkyl halides is 3. The zero-order chi connectivity index (χ0) is 20.4. The van der Waals surface area contributed by atoms with Gasteiger partial charge < -0.3 is 15.0 Å². The maximum Gasteiger partial charge on any atom is 0.573 e. The minimum Gasteiger partial charge on any atom is -0.406 e. The molecule has 29 heavy (non-hydrogen) atoms. The molecule has 0 saturated carbocycles. The number of fused-ring (bicyclic) bond motifs is 1. The van der Waals surface area contributed by atoms with Gasteiger partial charge in [-0.15, -0.1) is 24.5 Å². The highest BCUT2D eigenvalue weighted by atomic mass is 32.1. The zero-order valence-electron chi connectivity index (χ0n) is 14.9. The molecule has 4 rings (SSSR count). The number of nitrogens with zero attached hydrogens (tertiary/aromatic N) is 1. The van der Waals surface area contributed by atoms with Gasteiger partial charge in [-0.25, -0.2) is 0 Å². The molecule has 1 amide bonds. The molecule has 1 N–H and O–H groups in total. The van der Waals surface area contributed by atoms with Crippen molar-refractivity contribution < 1.29 is 22.7 Å². The molecule has 3 aromatic rings. The fourth-order valence-electron chi connectivity index (χ4n) is 3.11. The van der Waals surface area contributed by atoms with E-state index in [1.807, 2.05) is 46.7 Å². The molecule has 2 heterocycles. The van der Waals surface area contributed by atoms with Crippen LogP contribution in [0.2, 0.25) is 0 Å². The van der Waals surface area contributed by atoms with Gasteiger partial charge in [0.2, 0.25) is 0 Å². The van der Waals surface area contributed by atoms with Crippen LogP contribution in [0, 0.1) is 0 Å². The van der Waals surface area contributed by atoms with Gasteiger partial charge in [-0.2, -0.15) is 0 Å². The molecule has 1 aliphatic heterocycles. The minimum absolute atomic E-state index is 0.226. The first-order chi connectivity index (χ1) is 13.9. The third-order valence-electron chi connectivity index (χ3n) is 4.30. The molecule has 0 spiro atoms. The number of carbonyl (C=O) groups excluding carboxylic acids is 1. The molecule has 0 bridgehead atoms. The van der Waals surface area contributed by atoms with Crippen molar-refractivity contribution in [3.8, 4) is 5.75 Å². The van der Waals surface area contributed by atoms with Crippen LogP contribution in [0.3, 0.4) is 0 Å². The summed E-state index contributed by atoms with van der Waals surface area (Å²) in [5.41, 5.74) is 2.38. The number of ether oxygens (including phenoxy) is 1. The average molecular weight is 416 g/mol. The number of thiophene rings is 1. The molecular weight excluding hydrogens is 401 g/mol. The highest BCUT2D eigenvalue weighted by Gasteiger charge is 2.31. The van der Waals surface area contributed by atoms with Crippen molar-refractivity contribution >= 4 is 34.7 Å². The molecule has 1 unspecified atom stereocenters. The third kappa shape index (κ3) is 4.27. The number of rotatable bonds is 4. The number of anilines is 2. The zero-order valence-corrected chi connectivity index (χ0v) is 15.7. The van der Waals surface area contributed by atoms with E-state index in [0.717, 1.165) is 11.3 Å². The fourth-order valence-corrected chi connectivity index (χ4v) is 3.74. The molecule has 0 saturated heterocycles. The van der Waals surface area contributed by atoms with Gasteiger partial charge in [-0.05, 0) is 53.4 Å². The summed E-state index contributed by atoms with van der Waals surface area (Å²) in [5.74, 6) is -0.530. The van der Waals surface area contributed by atoms with E-state index in [2.05, 4.69) is 10.1 Å². The molecule has 2 aromatic carbocycles. The summed E-state index contributed by atoms with van der Waals surface area (Å²) < 4.78 is 41.3. The lowest BCUT2D eigenvalue weighted by Gasteiger charge is -2.36. The van der Waals surface area contributed by atoms with E-state index >= 15 is 0 Å². The van der Waals surface area contributed by atoms with E-state index in [4.69, 9.17) is 0 Å². The standard InChI is InChI=1S/C21H15F3N2O2S/c22-21(23,24)28-16-10-8-15(9-11-16)26-17-5-2-1-4-14(17)7-12-19(26)25-20(27)18-6-3-13-29-18/h1-13,19H,(H,25,27). The number of nitrogens with one attached hydrogen (secondary N) is 1. The quantitative estimate of drug-likeness (QED) is 0.605. The SMILES string of the molecule is O=C(NC1C=Cc2ccccc2N1c1ccc(OC(F)(F)F)cc1)c1cccs1. The van der Waals surface area contributed by atoms with Gasteiger partial charge in [0, 0.05) is 5.69 Å². The van der Waals surface area contributed by atoms with Crippen LogP contribution in [0.5, 0.6) is 5.75 Å². The fraction of sp³-hybridized carbons (Fsp3) is 0.0952. The molecule has 1 aliphatic rings. The van der Waals surface area contributed by atoms with Crippen LogP contribution in [0.1, 0.15) is 15.2 Å². The van der Waals surface area contributed by atoms with Gasteiger partial charge in [0.1, 0.15) is 11.9 Å². The third-order valence-corrected chi connectivity index (χ3v) is 5.17. The number of hydrogen-bond acceptors (Lipinski definition) is 4. The number of carbonyl (C=O) groups is 1. The Hall–Kier alpha value is -3.26. The summed E-state index contributed by atoms with van der Waals surface area (Å²) in [6, 6.07) is 16.7. The molecule has 4 nitrogen and oxygen atoms in total. The van der Waals surface area contributed by atoms with Gasteiger partial charge in [-0.3, -0.25) is 4.79 Å². The number of amides is 1. The van der Waals surface area contributed by atoms with Crippen molar-refractivity contribution in [2.24, 2.45) is 0 Å². The van der Waals surface area contributed by atoms with E-state index < -0.39 is 12.5 Å². The van der Waals surface area contributed by atoms with Crippen molar-refractivity contribution in [3.63, 3.8) is 0 Å². The normalized spacial score (nSPS) is 15.7. The summed E-state index contributed by atoms with van der Waals surface area (Å²) in [6.07, 6.45) is -1.51. The van der Waals surface area contributed by atoms with E-state index in [9.17, 15) is 18.0 Å². The Bertz CT molecular complexity index is 1030. The summed E-state index contributed by atoms with van der Waals surface area (Å²) >= 11 is 1.33. The van der Waals surface area contributed by atoms with Crippen molar-refractivity contribution in [2.45, 2.75) is 12.5 Å². The van der Waals surface area contributed by atoms with Crippen molar-refractivity contribution in [2.75, 3.05) is 4.90 Å². The second-order valence-corrected chi connectivity index (χ2v) is 7.17. The number of benzene rings is 2. The van der Waals surface area contributed by atoms with Crippen molar-refractivity contribution in [3.05, 3.63) is 82.6 Å². The predicted molar refractivity (Wildman–Crippen MR) is 106 cm³/mol. The topological polar surface area (TPSA) is 41.6 Å². The second-order valence-electron chi connectivity index (χ2n) is 6.23. The Labute approximate surface area is 168 Å². The number of para-hydroxylation sites is 1. The minimum atomic E-state index is -4.75. The average Bonchev–Trinajstić information content (AvgIpc) is 3.22. The highest BCUT2D eigenvalue weighted by Crippen LogP contribution is 2.36. The highest BCUT2D eigenvalue weighted by molar-refractivity contribution is 7.12. The predicted octanol–water partition coefficient (Wildman–Crippen LogP) is 5.57. The lowest BCUT2D eigenvalue weighted by Crippen LogP contribution is -2.46. The van der Waals surface area contributed by atoms with Crippen molar-refractivity contribution in [1.82, 2.24) is 5.32 Å². The molecule has 1 atom stereocenters. The van der Waals surface area contributed by atoms with Gasteiger partial charge >= 0.3 is 6.36 Å². The Morgan fingerprint density at radius 1 is 1.03 bits per heavy atom. The smallest absolute Gasteiger partial charge is 0.406 e. The molecular formula is C21H15F3N2O2S. The molecule has 8 heteroatoms. The monoisotopic (exact) mass is 416 g/mol. The molecule has 1 aromatic heterocycles. The Kier molecular flexibility index (Phi) is 5.02. The summed E-state index contributed by atoms with van der Waals surface area (Å²) in [6.45, 7) is 0. The molecule has 0 radical (unpaired) electrons. The van der Waals surface area contributed by atoms with Crippen LogP contribution in [0.25, 0.3) is 6.08 Å². The summed E-state index contributed by atoms with van der Waals surface area (Å²) in [5, 5.41) is 4.78. The van der Waals surface area contributed by atoms with E-state index in [1.165, 1.54) is 35.6 Å².